The number of amides is 3. The summed E-state index contributed by atoms with van der Waals surface area (Å²) in [7, 11) is 2.07. The summed E-state index contributed by atoms with van der Waals surface area (Å²) in [6, 6.07) is -0.333. The number of urea groups is 1. The van der Waals surface area contributed by atoms with Gasteiger partial charge in [-0.05, 0) is 27.8 Å². The van der Waals surface area contributed by atoms with Gasteiger partial charge in [-0.1, -0.05) is 0 Å². The monoisotopic (exact) mass is 355 g/mol. The van der Waals surface area contributed by atoms with Gasteiger partial charge in [0.25, 0.3) is 0 Å². The first-order chi connectivity index (χ1) is 11.2. The molecule has 0 atom stereocenters. The van der Waals surface area contributed by atoms with Gasteiger partial charge >= 0.3 is 12.1 Å². The smallest absolute Gasteiger partial charge is 0.407 e. The van der Waals surface area contributed by atoms with Crippen molar-refractivity contribution >= 4 is 28.6 Å². The molecule has 0 saturated heterocycles. The molecular formula is C15H25N5O3S. The number of hydrogen-bond donors (Lipinski definition) is 3. The van der Waals surface area contributed by atoms with Crippen molar-refractivity contribution in [2.45, 2.75) is 39.3 Å². The topological polar surface area (TPSA) is 95.6 Å². The lowest BCUT2D eigenvalue weighted by atomic mass is 10.2. The Hall–Kier alpha value is -1.87. The van der Waals surface area contributed by atoms with Gasteiger partial charge in [0.05, 0.1) is 5.69 Å². The van der Waals surface area contributed by atoms with Crippen LogP contribution in [0.5, 0.6) is 0 Å². The van der Waals surface area contributed by atoms with Crippen LogP contribution in [0.1, 0.15) is 31.3 Å². The molecule has 0 unspecified atom stereocenters. The molecule has 2 heterocycles. The normalized spacial score (nSPS) is 14.7. The lowest BCUT2D eigenvalue weighted by Gasteiger charge is -2.20. The van der Waals surface area contributed by atoms with E-state index in [9.17, 15) is 9.59 Å². The van der Waals surface area contributed by atoms with Gasteiger partial charge in [-0.3, -0.25) is 5.32 Å². The molecule has 24 heavy (non-hydrogen) atoms. The fourth-order valence-electron chi connectivity index (χ4n) is 2.17. The standard InChI is InChI=1S/C15H25N5O3S/c1-15(2,3)23-14(22)17-7-6-16-12(21)19-13-18-10-5-8-20(4)9-11(10)24-13/h5-9H2,1-4H3,(H,17,22)(H2,16,18,19,21). The third kappa shape index (κ3) is 5.97. The molecule has 134 valence electrons. The average Bonchev–Trinajstić information content (AvgIpc) is 2.83. The van der Waals surface area contributed by atoms with E-state index in [2.05, 4.69) is 32.9 Å². The fraction of sp³-hybridized carbons (Fsp3) is 0.667. The largest absolute Gasteiger partial charge is 0.444 e. The number of carbonyl (C=O) groups excluding carboxylic acids is 2. The number of carbonyl (C=O) groups is 2. The highest BCUT2D eigenvalue weighted by Crippen LogP contribution is 2.27. The van der Waals surface area contributed by atoms with Gasteiger partial charge in [0.1, 0.15) is 5.60 Å². The van der Waals surface area contributed by atoms with E-state index in [0.29, 0.717) is 18.2 Å². The second-order valence-corrected chi connectivity index (χ2v) is 7.77. The summed E-state index contributed by atoms with van der Waals surface area (Å²) < 4.78 is 5.10. The summed E-state index contributed by atoms with van der Waals surface area (Å²) in [5.74, 6) is 0. The van der Waals surface area contributed by atoms with Crippen LogP contribution in [0.4, 0.5) is 14.7 Å². The molecule has 3 amide bonds. The molecule has 0 fully saturated rings. The number of nitrogens with one attached hydrogen (secondary N) is 3. The molecule has 9 heteroatoms. The molecule has 1 aliphatic rings. The third-order valence-corrected chi connectivity index (χ3v) is 4.22. The van der Waals surface area contributed by atoms with Gasteiger partial charge in [-0.25, -0.2) is 14.6 Å². The van der Waals surface area contributed by atoms with E-state index in [4.69, 9.17) is 4.74 Å². The molecule has 0 saturated carbocycles. The number of fused-ring (bicyclic) bond motifs is 1. The number of alkyl carbamates (subject to hydrolysis) is 1. The third-order valence-electron chi connectivity index (χ3n) is 3.22. The van der Waals surface area contributed by atoms with E-state index in [1.54, 1.807) is 20.8 Å². The van der Waals surface area contributed by atoms with Crippen molar-refractivity contribution in [3.05, 3.63) is 10.6 Å². The minimum absolute atomic E-state index is 0.293. The lowest BCUT2D eigenvalue weighted by Crippen LogP contribution is -2.39. The van der Waals surface area contributed by atoms with E-state index in [1.165, 1.54) is 16.2 Å². The average molecular weight is 355 g/mol. The van der Waals surface area contributed by atoms with Gasteiger partial charge in [-0.15, -0.1) is 11.3 Å². The molecular weight excluding hydrogens is 330 g/mol. The summed E-state index contributed by atoms with van der Waals surface area (Å²) in [4.78, 5) is 31.2. The molecule has 0 bridgehead atoms. The Balaban J connectivity index is 1.68. The van der Waals surface area contributed by atoms with E-state index >= 15 is 0 Å². The van der Waals surface area contributed by atoms with Crippen LogP contribution in [-0.2, 0) is 17.7 Å². The second-order valence-electron chi connectivity index (χ2n) is 6.69. The van der Waals surface area contributed by atoms with Gasteiger partial charge < -0.3 is 20.3 Å². The SMILES string of the molecule is CN1CCc2nc(NC(=O)NCCNC(=O)OC(C)(C)C)sc2C1. The van der Waals surface area contributed by atoms with Crippen LogP contribution >= 0.6 is 11.3 Å². The van der Waals surface area contributed by atoms with Crippen molar-refractivity contribution in [3.63, 3.8) is 0 Å². The summed E-state index contributed by atoms with van der Waals surface area (Å²) in [5, 5.41) is 8.60. The maximum absolute atomic E-state index is 11.9. The number of ether oxygens (including phenoxy) is 1. The molecule has 1 aromatic heterocycles. The van der Waals surface area contributed by atoms with Crippen LogP contribution in [0.2, 0.25) is 0 Å². The predicted octanol–water partition coefficient (Wildman–Crippen LogP) is 1.78. The Bertz CT molecular complexity index is 596. The number of aromatic nitrogens is 1. The van der Waals surface area contributed by atoms with E-state index in [0.717, 1.165) is 25.2 Å². The Morgan fingerprint density at radius 3 is 2.71 bits per heavy atom. The Morgan fingerprint density at radius 1 is 1.29 bits per heavy atom. The first kappa shape index (κ1) is 18.5. The van der Waals surface area contributed by atoms with Crippen LogP contribution in [0.15, 0.2) is 0 Å². The molecule has 2 rings (SSSR count). The Kier molecular flexibility index (Phi) is 6.00. The van der Waals surface area contributed by atoms with Crippen molar-refractivity contribution in [2.24, 2.45) is 0 Å². The Morgan fingerprint density at radius 2 is 2.00 bits per heavy atom. The van der Waals surface area contributed by atoms with Crippen LogP contribution in [0, 0.1) is 0 Å². The minimum atomic E-state index is -0.535. The summed E-state index contributed by atoms with van der Waals surface area (Å²) in [5.41, 5.74) is 0.535. The molecule has 1 aromatic rings. The van der Waals surface area contributed by atoms with Crippen molar-refractivity contribution in [1.29, 1.82) is 0 Å². The number of nitrogens with zero attached hydrogens (tertiary/aromatic N) is 2. The fourth-order valence-corrected chi connectivity index (χ4v) is 3.26. The Labute approximate surface area is 146 Å². The van der Waals surface area contributed by atoms with Gasteiger partial charge in [-0.2, -0.15) is 0 Å². The molecule has 1 aliphatic heterocycles. The number of rotatable bonds is 4. The zero-order valence-corrected chi connectivity index (χ0v) is 15.4. The maximum Gasteiger partial charge on any atom is 0.407 e. The summed E-state index contributed by atoms with van der Waals surface area (Å²) in [6.45, 7) is 7.84. The molecule has 0 aromatic carbocycles. The van der Waals surface area contributed by atoms with E-state index in [-0.39, 0.29) is 6.03 Å². The maximum atomic E-state index is 11.9. The van der Waals surface area contributed by atoms with Crippen LogP contribution in [0.25, 0.3) is 0 Å². The molecule has 0 aliphatic carbocycles. The second kappa shape index (κ2) is 7.80. The van der Waals surface area contributed by atoms with Gasteiger partial charge in [0, 0.05) is 37.5 Å². The predicted molar refractivity (Wildman–Crippen MR) is 93.4 cm³/mol. The summed E-state index contributed by atoms with van der Waals surface area (Å²) >= 11 is 1.50. The van der Waals surface area contributed by atoms with E-state index in [1.807, 2.05) is 0 Å². The molecule has 8 nitrogen and oxygen atoms in total. The number of hydrogen-bond acceptors (Lipinski definition) is 6. The molecule has 3 N–H and O–H groups in total. The van der Waals surface area contributed by atoms with Crippen LogP contribution < -0.4 is 16.0 Å². The molecule has 0 spiro atoms. The zero-order chi connectivity index (χ0) is 17.7. The first-order valence-corrected chi connectivity index (χ1v) is 8.73. The highest BCUT2D eigenvalue weighted by atomic mass is 32.1. The highest BCUT2D eigenvalue weighted by molar-refractivity contribution is 7.15. The first-order valence-electron chi connectivity index (χ1n) is 7.92. The van der Waals surface area contributed by atoms with Crippen LogP contribution in [-0.4, -0.2) is 54.3 Å². The minimum Gasteiger partial charge on any atom is -0.444 e. The molecule has 0 radical (unpaired) electrons. The van der Waals surface area contributed by atoms with Crippen molar-refractivity contribution in [1.82, 2.24) is 20.5 Å². The van der Waals surface area contributed by atoms with Crippen molar-refractivity contribution in [2.75, 3.05) is 32.0 Å². The van der Waals surface area contributed by atoms with Crippen LogP contribution in [0.3, 0.4) is 0 Å². The van der Waals surface area contributed by atoms with Crippen molar-refractivity contribution < 1.29 is 14.3 Å². The zero-order valence-electron chi connectivity index (χ0n) is 14.6. The number of likely N-dealkylation sites (N-methyl/N-ethyl adjacent to an activating group) is 1. The van der Waals surface area contributed by atoms with Crippen molar-refractivity contribution in [3.8, 4) is 0 Å². The number of thiazole rings is 1. The number of anilines is 1. The van der Waals surface area contributed by atoms with Gasteiger partial charge in [0.15, 0.2) is 5.13 Å². The lowest BCUT2D eigenvalue weighted by molar-refractivity contribution is 0.0528. The van der Waals surface area contributed by atoms with Gasteiger partial charge in [0.2, 0.25) is 0 Å². The highest BCUT2D eigenvalue weighted by Gasteiger charge is 2.19. The van der Waals surface area contributed by atoms with E-state index < -0.39 is 11.7 Å². The quantitative estimate of drug-likeness (QED) is 0.716. The summed E-state index contributed by atoms with van der Waals surface area (Å²) in [6.07, 6.45) is 0.409.